The lowest BCUT2D eigenvalue weighted by molar-refractivity contribution is 0.631. The van der Waals surface area contributed by atoms with Crippen LogP contribution in [-0.2, 0) is 0 Å². The van der Waals surface area contributed by atoms with Crippen molar-refractivity contribution in [1.29, 1.82) is 0 Å². The maximum Gasteiger partial charge on any atom is 0.240 e. The van der Waals surface area contributed by atoms with Gasteiger partial charge in [0.2, 0.25) is 5.95 Å². The third-order valence-corrected chi connectivity index (χ3v) is 2.11. The van der Waals surface area contributed by atoms with Crippen molar-refractivity contribution >= 4 is 11.6 Å². The molecular formula is C10H10FN5. The average molecular weight is 219 g/mol. The van der Waals surface area contributed by atoms with E-state index in [1.807, 2.05) is 0 Å². The minimum Gasteiger partial charge on any atom is -0.386 e. The monoisotopic (exact) mass is 219 g/mol. The molecule has 1 aromatic carbocycles. The normalized spacial score (nSPS) is 10.1. The van der Waals surface area contributed by atoms with Crippen LogP contribution in [0, 0.1) is 5.82 Å². The first-order valence-electron chi connectivity index (χ1n) is 4.63. The topological polar surface area (TPSA) is 76.7 Å². The van der Waals surface area contributed by atoms with Crippen molar-refractivity contribution in [1.82, 2.24) is 15.2 Å². The molecule has 0 fully saturated rings. The average Bonchev–Trinajstić information content (AvgIpc) is 2.30. The summed E-state index contributed by atoms with van der Waals surface area (Å²) in [5.41, 5.74) is 6.83. The molecule has 2 aromatic rings. The van der Waals surface area contributed by atoms with Gasteiger partial charge in [-0.25, -0.2) is 9.37 Å². The van der Waals surface area contributed by atoms with Gasteiger partial charge in [0.05, 0.1) is 11.9 Å². The summed E-state index contributed by atoms with van der Waals surface area (Å²) in [4.78, 5) is 3.79. The van der Waals surface area contributed by atoms with Crippen molar-refractivity contribution in [3.63, 3.8) is 0 Å². The van der Waals surface area contributed by atoms with Crippen molar-refractivity contribution in [3.8, 4) is 11.3 Å². The smallest absolute Gasteiger partial charge is 0.240 e. The van der Waals surface area contributed by atoms with Gasteiger partial charge in [-0.2, -0.15) is 0 Å². The van der Waals surface area contributed by atoms with E-state index in [1.54, 1.807) is 19.2 Å². The first-order chi connectivity index (χ1) is 7.70. The Morgan fingerprint density at radius 1 is 1.31 bits per heavy atom. The first-order valence-corrected chi connectivity index (χ1v) is 4.63. The number of nitrogen functional groups attached to an aromatic ring is 1. The molecule has 0 radical (unpaired) electrons. The fourth-order valence-electron chi connectivity index (χ4n) is 1.29. The van der Waals surface area contributed by atoms with Gasteiger partial charge < -0.3 is 11.1 Å². The molecule has 0 aliphatic heterocycles. The van der Waals surface area contributed by atoms with Crippen LogP contribution in [0.2, 0.25) is 0 Å². The van der Waals surface area contributed by atoms with Crippen molar-refractivity contribution in [2.45, 2.75) is 0 Å². The maximum atomic E-state index is 13.5. The molecule has 0 bridgehead atoms. The Balaban J connectivity index is 2.41. The zero-order valence-electron chi connectivity index (χ0n) is 8.61. The minimum absolute atomic E-state index is 0.0936. The third-order valence-electron chi connectivity index (χ3n) is 2.11. The van der Waals surface area contributed by atoms with Crippen LogP contribution in [0.1, 0.15) is 0 Å². The molecule has 1 heterocycles. The van der Waals surface area contributed by atoms with Crippen LogP contribution >= 0.6 is 0 Å². The van der Waals surface area contributed by atoms with Gasteiger partial charge in [0.25, 0.3) is 0 Å². The van der Waals surface area contributed by atoms with Crippen molar-refractivity contribution in [3.05, 3.63) is 30.2 Å². The summed E-state index contributed by atoms with van der Waals surface area (Å²) in [6.45, 7) is 0. The van der Waals surface area contributed by atoms with Crippen molar-refractivity contribution < 1.29 is 4.39 Å². The molecule has 0 unspecified atom stereocenters. The zero-order valence-corrected chi connectivity index (χ0v) is 8.61. The highest BCUT2D eigenvalue weighted by Gasteiger charge is 2.05. The van der Waals surface area contributed by atoms with Gasteiger partial charge in [-0.05, 0) is 12.1 Å². The predicted octanol–water partition coefficient (Wildman–Crippen LogP) is 1.30. The van der Waals surface area contributed by atoms with Crippen LogP contribution in [0.3, 0.4) is 0 Å². The summed E-state index contributed by atoms with van der Waals surface area (Å²) >= 11 is 0. The molecule has 0 spiro atoms. The number of benzene rings is 1. The van der Waals surface area contributed by atoms with Gasteiger partial charge >= 0.3 is 0 Å². The number of hydrogen-bond donors (Lipinski definition) is 2. The number of anilines is 2. The molecule has 0 saturated heterocycles. The van der Waals surface area contributed by atoms with Crippen LogP contribution in [0.15, 0.2) is 24.4 Å². The van der Waals surface area contributed by atoms with E-state index in [0.717, 1.165) is 0 Å². The Kier molecular flexibility index (Phi) is 2.63. The van der Waals surface area contributed by atoms with Crippen LogP contribution in [0.5, 0.6) is 0 Å². The summed E-state index contributed by atoms with van der Waals surface area (Å²) in [6.07, 6.45) is 1.45. The Bertz CT molecular complexity index is 497. The molecule has 0 aliphatic rings. The summed E-state index contributed by atoms with van der Waals surface area (Å²) in [7, 11) is 1.66. The molecule has 82 valence electrons. The summed E-state index contributed by atoms with van der Waals surface area (Å²) in [5.74, 6) is -0.255. The molecule has 3 N–H and O–H groups in total. The van der Waals surface area contributed by atoms with E-state index in [4.69, 9.17) is 5.73 Å². The Morgan fingerprint density at radius 3 is 2.69 bits per heavy atom. The standard InChI is InChI=1S/C10H10FN5/c1-13-8-3-2-6(4-7(8)11)9-5-14-10(12)16-15-9/h2-5,13H,1H3,(H2,12,14,16). The van der Waals surface area contributed by atoms with Crippen LogP contribution in [0.25, 0.3) is 11.3 Å². The molecule has 1 aromatic heterocycles. The van der Waals surface area contributed by atoms with Crippen LogP contribution < -0.4 is 11.1 Å². The summed E-state index contributed by atoms with van der Waals surface area (Å²) in [5, 5.41) is 10.2. The Hall–Kier alpha value is -2.24. The van der Waals surface area contributed by atoms with Gasteiger partial charge in [-0.1, -0.05) is 6.07 Å². The van der Waals surface area contributed by atoms with Crippen LogP contribution in [-0.4, -0.2) is 22.2 Å². The number of rotatable bonds is 2. The van der Waals surface area contributed by atoms with E-state index >= 15 is 0 Å². The van der Waals surface area contributed by atoms with E-state index in [1.165, 1.54) is 12.3 Å². The quantitative estimate of drug-likeness (QED) is 0.796. The highest BCUT2D eigenvalue weighted by Crippen LogP contribution is 2.21. The van der Waals surface area contributed by atoms with E-state index < -0.39 is 0 Å². The van der Waals surface area contributed by atoms with E-state index in [9.17, 15) is 4.39 Å². The number of nitrogens with one attached hydrogen (secondary N) is 1. The SMILES string of the molecule is CNc1ccc(-c2cnc(N)nn2)cc1F. The molecule has 0 aliphatic carbocycles. The Labute approximate surface area is 91.5 Å². The molecule has 0 atom stereocenters. The van der Waals surface area contributed by atoms with Gasteiger partial charge in [0.1, 0.15) is 11.5 Å². The first kappa shape index (κ1) is 10.3. The van der Waals surface area contributed by atoms with Gasteiger partial charge in [0, 0.05) is 12.6 Å². The largest absolute Gasteiger partial charge is 0.386 e. The summed E-state index contributed by atoms with van der Waals surface area (Å²) in [6, 6.07) is 4.73. The second kappa shape index (κ2) is 4.09. The minimum atomic E-state index is -0.348. The second-order valence-electron chi connectivity index (χ2n) is 3.15. The molecule has 0 saturated carbocycles. The van der Waals surface area contributed by atoms with Gasteiger partial charge in [-0.3, -0.25) is 0 Å². The lowest BCUT2D eigenvalue weighted by atomic mass is 10.1. The third kappa shape index (κ3) is 1.90. The molecule has 0 amide bonds. The highest BCUT2D eigenvalue weighted by atomic mass is 19.1. The number of aromatic nitrogens is 3. The zero-order chi connectivity index (χ0) is 11.5. The van der Waals surface area contributed by atoms with E-state index in [2.05, 4.69) is 20.5 Å². The molecule has 2 rings (SSSR count). The lowest BCUT2D eigenvalue weighted by Crippen LogP contribution is -1.98. The number of halogens is 1. The fourth-order valence-corrected chi connectivity index (χ4v) is 1.29. The van der Waals surface area contributed by atoms with Crippen molar-refractivity contribution in [2.75, 3.05) is 18.1 Å². The summed E-state index contributed by atoms with van der Waals surface area (Å²) < 4.78 is 13.5. The number of nitrogens with two attached hydrogens (primary N) is 1. The highest BCUT2D eigenvalue weighted by molar-refractivity contribution is 5.62. The van der Waals surface area contributed by atoms with E-state index in [0.29, 0.717) is 16.9 Å². The molecule has 5 nitrogen and oxygen atoms in total. The maximum absolute atomic E-state index is 13.5. The van der Waals surface area contributed by atoms with Crippen LogP contribution in [0.4, 0.5) is 16.0 Å². The number of hydrogen-bond acceptors (Lipinski definition) is 5. The lowest BCUT2D eigenvalue weighted by Gasteiger charge is -2.04. The fraction of sp³-hybridized carbons (Fsp3) is 0.100. The van der Waals surface area contributed by atoms with Crippen molar-refractivity contribution in [2.24, 2.45) is 0 Å². The molecule has 6 heteroatoms. The molecule has 16 heavy (non-hydrogen) atoms. The predicted molar refractivity (Wildman–Crippen MR) is 59.2 cm³/mol. The Morgan fingerprint density at radius 2 is 2.12 bits per heavy atom. The van der Waals surface area contributed by atoms with Gasteiger partial charge in [-0.15, -0.1) is 10.2 Å². The van der Waals surface area contributed by atoms with Gasteiger partial charge in [0.15, 0.2) is 0 Å². The molecular weight excluding hydrogens is 209 g/mol. The number of nitrogens with zero attached hydrogens (tertiary/aromatic N) is 3. The second-order valence-corrected chi connectivity index (χ2v) is 3.15. The van der Waals surface area contributed by atoms with E-state index in [-0.39, 0.29) is 11.8 Å².